The molecule has 1 unspecified atom stereocenters. The van der Waals surface area contributed by atoms with Gasteiger partial charge in [0.15, 0.2) is 0 Å². The van der Waals surface area contributed by atoms with Crippen molar-refractivity contribution in [2.75, 3.05) is 13.6 Å². The Hall–Kier alpha value is -0.860. The normalized spacial score (nSPS) is 16.9. The van der Waals surface area contributed by atoms with E-state index in [1.807, 2.05) is 7.05 Å². The first-order valence-corrected chi connectivity index (χ1v) is 6.25. The molecule has 0 saturated heterocycles. The van der Waals surface area contributed by atoms with Crippen molar-refractivity contribution in [3.63, 3.8) is 0 Å². The largest absolute Gasteiger partial charge is 0.388 e. The number of aliphatic hydroxyl groups is 1. The van der Waals surface area contributed by atoms with Crippen LogP contribution < -0.4 is 5.32 Å². The minimum atomic E-state index is -0.320. The van der Waals surface area contributed by atoms with Crippen molar-refractivity contribution in [2.24, 2.45) is 0 Å². The second-order valence-corrected chi connectivity index (χ2v) is 4.64. The quantitative estimate of drug-likeness (QED) is 0.813. The molecule has 16 heavy (non-hydrogen) atoms. The van der Waals surface area contributed by atoms with Crippen LogP contribution in [0.25, 0.3) is 0 Å². The van der Waals surface area contributed by atoms with E-state index in [4.69, 9.17) is 0 Å². The van der Waals surface area contributed by atoms with Crippen LogP contribution in [0.4, 0.5) is 0 Å². The zero-order valence-corrected chi connectivity index (χ0v) is 10.00. The molecular formula is C14H21NO. The van der Waals surface area contributed by atoms with Gasteiger partial charge in [0.1, 0.15) is 0 Å². The topological polar surface area (TPSA) is 32.3 Å². The minimum Gasteiger partial charge on any atom is -0.388 e. The molecule has 0 aromatic heterocycles. The number of rotatable bonds is 4. The molecular weight excluding hydrogens is 198 g/mol. The van der Waals surface area contributed by atoms with E-state index in [1.54, 1.807) is 0 Å². The molecule has 1 aliphatic rings. The Morgan fingerprint density at radius 3 is 2.75 bits per heavy atom. The van der Waals surface area contributed by atoms with Crippen LogP contribution in [0.5, 0.6) is 0 Å². The van der Waals surface area contributed by atoms with Crippen molar-refractivity contribution in [1.29, 1.82) is 0 Å². The summed E-state index contributed by atoms with van der Waals surface area (Å²) in [7, 11) is 1.92. The number of aliphatic hydroxyl groups excluding tert-OH is 1. The lowest BCUT2D eigenvalue weighted by molar-refractivity contribution is 0.167. The molecule has 0 saturated carbocycles. The summed E-state index contributed by atoms with van der Waals surface area (Å²) in [5, 5.41) is 13.1. The Balaban J connectivity index is 2.10. The molecule has 0 aliphatic heterocycles. The summed E-state index contributed by atoms with van der Waals surface area (Å²) in [5.41, 5.74) is 4.01. The standard InChI is InChI=1S/C14H21NO/c1-15-9-8-14(16)13-7-6-11-4-2-3-5-12(11)10-13/h6-7,10,14-16H,2-5,8-9H2,1H3. The third-order valence-electron chi connectivity index (χ3n) is 3.43. The Kier molecular flexibility index (Phi) is 3.97. The highest BCUT2D eigenvalue weighted by atomic mass is 16.3. The maximum atomic E-state index is 10.0. The molecule has 0 amide bonds. The molecule has 2 rings (SSSR count). The van der Waals surface area contributed by atoms with Crippen LogP contribution in [0.3, 0.4) is 0 Å². The van der Waals surface area contributed by atoms with Gasteiger partial charge in [-0.3, -0.25) is 0 Å². The fourth-order valence-electron chi connectivity index (χ4n) is 2.41. The summed E-state index contributed by atoms with van der Waals surface area (Å²) in [6.45, 7) is 0.859. The Labute approximate surface area is 97.7 Å². The van der Waals surface area contributed by atoms with E-state index in [2.05, 4.69) is 23.5 Å². The van der Waals surface area contributed by atoms with Crippen LogP contribution in [0.2, 0.25) is 0 Å². The summed E-state index contributed by atoms with van der Waals surface area (Å²) < 4.78 is 0. The third-order valence-corrected chi connectivity index (χ3v) is 3.43. The fourth-order valence-corrected chi connectivity index (χ4v) is 2.41. The van der Waals surface area contributed by atoms with Gasteiger partial charge in [-0.05, 0) is 62.4 Å². The van der Waals surface area contributed by atoms with Crippen LogP contribution in [0, 0.1) is 0 Å². The van der Waals surface area contributed by atoms with E-state index in [0.29, 0.717) is 0 Å². The van der Waals surface area contributed by atoms with Crippen molar-refractivity contribution in [1.82, 2.24) is 5.32 Å². The highest BCUT2D eigenvalue weighted by molar-refractivity contribution is 5.34. The average Bonchev–Trinajstić information content (AvgIpc) is 2.35. The molecule has 0 radical (unpaired) electrons. The number of hydrogen-bond acceptors (Lipinski definition) is 2. The van der Waals surface area contributed by atoms with Gasteiger partial charge in [-0.2, -0.15) is 0 Å². The third kappa shape index (κ3) is 2.63. The lowest BCUT2D eigenvalue weighted by atomic mass is 9.89. The first-order valence-electron chi connectivity index (χ1n) is 6.25. The summed E-state index contributed by atoms with van der Waals surface area (Å²) >= 11 is 0. The lowest BCUT2D eigenvalue weighted by Crippen LogP contribution is -2.12. The van der Waals surface area contributed by atoms with Gasteiger partial charge in [-0.1, -0.05) is 18.2 Å². The van der Waals surface area contributed by atoms with Gasteiger partial charge in [-0.15, -0.1) is 0 Å². The SMILES string of the molecule is CNCCC(O)c1ccc2c(c1)CCCC2. The highest BCUT2D eigenvalue weighted by Crippen LogP contribution is 2.25. The van der Waals surface area contributed by atoms with E-state index < -0.39 is 0 Å². The van der Waals surface area contributed by atoms with Crippen LogP contribution in [0.15, 0.2) is 18.2 Å². The van der Waals surface area contributed by atoms with Gasteiger partial charge in [0, 0.05) is 0 Å². The Morgan fingerprint density at radius 1 is 1.25 bits per heavy atom. The van der Waals surface area contributed by atoms with Gasteiger partial charge in [-0.25, -0.2) is 0 Å². The van der Waals surface area contributed by atoms with Crippen molar-refractivity contribution in [3.05, 3.63) is 34.9 Å². The number of nitrogens with one attached hydrogen (secondary N) is 1. The molecule has 0 heterocycles. The molecule has 2 heteroatoms. The molecule has 2 N–H and O–H groups in total. The first-order chi connectivity index (χ1) is 7.81. The maximum absolute atomic E-state index is 10.0. The second kappa shape index (κ2) is 5.46. The summed E-state index contributed by atoms with van der Waals surface area (Å²) in [6, 6.07) is 6.49. The predicted molar refractivity (Wildman–Crippen MR) is 66.6 cm³/mol. The van der Waals surface area contributed by atoms with E-state index in [1.165, 1.54) is 36.8 Å². The Morgan fingerprint density at radius 2 is 2.00 bits per heavy atom. The number of fused-ring (bicyclic) bond motifs is 1. The summed E-state index contributed by atoms with van der Waals surface area (Å²) in [4.78, 5) is 0. The molecule has 0 spiro atoms. The second-order valence-electron chi connectivity index (χ2n) is 4.64. The zero-order chi connectivity index (χ0) is 11.4. The van der Waals surface area contributed by atoms with Gasteiger partial charge < -0.3 is 10.4 Å². The van der Waals surface area contributed by atoms with Crippen molar-refractivity contribution in [2.45, 2.75) is 38.2 Å². The molecule has 0 bridgehead atoms. The lowest BCUT2D eigenvalue weighted by Gasteiger charge is -2.18. The fraction of sp³-hybridized carbons (Fsp3) is 0.571. The average molecular weight is 219 g/mol. The Bertz CT molecular complexity index is 349. The number of hydrogen-bond donors (Lipinski definition) is 2. The molecule has 0 fully saturated rings. The number of benzene rings is 1. The molecule has 1 atom stereocenters. The molecule has 1 aromatic rings. The maximum Gasteiger partial charge on any atom is 0.0802 e. The highest BCUT2D eigenvalue weighted by Gasteiger charge is 2.12. The van der Waals surface area contributed by atoms with E-state index >= 15 is 0 Å². The van der Waals surface area contributed by atoms with Crippen molar-refractivity contribution < 1.29 is 5.11 Å². The minimum absolute atomic E-state index is 0.320. The molecule has 2 nitrogen and oxygen atoms in total. The zero-order valence-electron chi connectivity index (χ0n) is 10.00. The van der Waals surface area contributed by atoms with Gasteiger partial charge in [0.05, 0.1) is 6.10 Å². The van der Waals surface area contributed by atoms with E-state index in [-0.39, 0.29) is 6.10 Å². The van der Waals surface area contributed by atoms with Crippen molar-refractivity contribution in [3.8, 4) is 0 Å². The molecule has 1 aliphatic carbocycles. The van der Waals surface area contributed by atoms with E-state index in [0.717, 1.165) is 18.5 Å². The summed E-state index contributed by atoms with van der Waals surface area (Å²) in [6.07, 6.45) is 5.47. The van der Waals surface area contributed by atoms with Gasteiger partial charge in [0.25, 0.3) is 0 Å². The van der Waals surface area contributed by atoms with Gasteiger partial charge >= 0.3 is 0 Å². The van der Waals surface area contributed by atoms with Crippen LogP contribution in [0.1, 0.15) is 42.1 Å². The molecule has 1 aromatic carbocycles. The van der Waals surface area contributed by atoms with Crippen LogP contribution >= 0.6 is 0 Å². The monoisotopic (exact) mass is 219 g/mol. The van der Waals surface area contributed by atoms with Crippen molar-refractivity contribution >= 4 is 0 Å². The molecule has 88 valence electrons. The number of aryl methyl sites for hydroxylation is 2. The smallest absolute Gasteiger partial charge is 0.0802 e. The first kappa shape index (κ1) is 11.6. The van der Waals surface area contributed by atoms with Gasteiger partial charge in [0.2, 0.25) is 0 Å². The van der Waals surface area contributed by atoms with Crippen LogP contribution in [-0.4, -0.2) is 18.7 Å². The van der Waals surface area contributed by atoms with Crippen LogP contribution in [-0.2, 0) is 12.8 Å². The predicted octanol–water partition coefficient (Wildman–Crippen LogP) is 2.21. The van der Waals surface area contributed by atoms with E-state index in [9.17, 15) is 5.11 Å². The summed E-state index contributed by atoms with van der Waals surface area (Å²) in [5.74, 6) is 0.